The van der Waals surface area contributed by atoms with Crippen LogP contribution in [-0.2, 0) is 0 Å². The predicted octanol–water partition coefficient (Wildman–Crippen LogP) is 8.64. The number of benzene rings is 5. The lowest BCUT2D eigenvalue weighted by molar-refractivity contribution is -0.717. The molecule has 0 bridgehead atoms. The quantitative estimate of drug-likeness (QED) is 0.224. The first-order chi connectivity index (χ1) is 17.8. The van der Waals surface area contributed by atoms with E-state index in [4.69, 9.17) is 0 Å². The summed E-state index contributed by atoms with van der Waals surface area (Å²) in [5.74, 6) is 0. The molecular weight excluding hydrogens is 441 g/mol. The van der Waals surface area contributed by atoms with Gasteiger partial charge in [0.15, 0.2) is 0 Å². The van der Waals surface area contributed by atoms with E-state index in [9.17, 15) is 0 Å². The van der Waals surface area contributed by atoms with E-state index in [1.165, 1.54) is 0 Å². The molecule has 0 aliphatic heterocycles. The zero-order valence-corrected chi connectivity index (χ0v) is 19.8. The molecule has 0 spiro atoms. The van der Waals surface area contributed by atoms with E-state index in [1.807, 2.05) is 120 Å². The van der Waals surface area contributed by atoms with Crippen LogP contribution in [0.3, 0.4) is 0 Å². The van der Waals surface area contributed by atoms with Crippen LogP contribution in [-0.4, -0.2) is 0 Å². The molecule has 5 aromatic carbocycles. The minimum atomic E-state index is -1.37. The van der Waals surface area contributed by atoms with E-state index in [0.29, 0.717) is 5.56 Å². The van der Waals surface area contributed by atoms with Crippen LogP contribution in [0.1, 0.15) is 11.9 Å². The number of halogens is 1. The lowest BCUT2D eigenvalue weighted by Gasteiger charge is -2.16. The largest absolute Gasteiger partial charge is 0.326 e. The molecule has 172 valence electrons. The molecule has 0 aliphatic rings. The van der Waals surface area contributed by atoms with Gasteiger partial charge < -0.3 is 0 Å². The van der Waals surface area contributed by atoms with Crippen molar-refractivity contribution < 1.29 is 8.96 Å². The van der Waals surface area contributed by atoms with Crippen molar-refractivity contribution in [1.29, 1.82) is 0 Å². The smallest absolute Gasteiger partial charge is 0.170 e. The van der Waals surface area contributed by atoms with Crippen molar-refractivity contribution in [3.63, 3.8) is 0 Å². The van der Waals surface area contributed by atoms with E-state index >= 15 is 4.39 Å². The maximum atomic E-state index is 16.8. The highest BCUT2D eigenvalue weighted by Gasteiger charge is 2.31. The van der Waals surface area contributed by atoms with E-state index in [-0.39, 0.29) is 0 Å². The summed E-state index contributed by atoms with van der Waals surface area (Å²) in [6.45, 7) is 0. The summed E-state index contributed by atoms with van der Waals surface area (Å²) in [5, 5.41) is 2.13. The van der Waals surface area contributed by atoms with Crippen molar-refractivity contribution in [2.45, 2.75) is 6.30 Å². The van der Waals surface area contributed by atoms with Gasteiger partial charge in [-0.1, -0.05) is 97.1 Å². The molecule has 1 aromatic heterocycles. The van der Waals surface area contributed by atoms with E-state index < -0.39 is 6.30 Å². The highest BCUT2D eigenvalue weighted by atomic mass is 19.1. The second-order valence-electron chi connectivity index (χ2n) is 8.92. The first-order valence-electron chi connectivity index (χ1n) is 12.2. The van der Waals surface area contributed by atoms with E-state index in [0.717, 1.165) is 44.4 Å². The maximum absolute atomic E-state index is 16.8. The third-order valence-electron chi connectivity index (χ3n) is 6.63. The number of hydrogen-bond acceptors (Lipinski definition) is 0. The average Bonchev–Trinajstić information content (AvgIpc) is 2.97. The first-order valence-corrected chi connectivity index (χ1v) is 12.2. The monoisotopic (exact) mass is 466 g/mol. The zero-order valence-electron chi connectivity index (χ0n) is 19.8. The summed E-state index contributed by atoms with van der Waals surface area (Å²) < 4.78 is 18.6. The Hall–Kier alpha value is -4.56. The number of nitrogens with zero attached hydrogens (tertiary/aromatic N) is 1. The van der Waals surface area contributed by atoms with Crippen molar-refractivity contribution in [3.05, 3.63) is 151 Å². The molecule has 1 atom stereocenters. The highest BCUT2D eigenvalue weighted by Crippen LogP contribution is 2.32. The number of aromatic nitrogens is 1. The maximum Gasteiger partial charge on any atom is 0.326 e. The van der Waals surface area contributed by atoms with Gasteiger partial charge >= 0.3 is 6.30 Å². The van der Waals surface area contributed by atoms with Crippen LogP contribution >= 0.6 is 0 Å². The number of rotatable bonds is 5. The molecular formula is C34H25FN+. The summed E-state index contributed by atoms with van der Waals surface area (Å²) in [6.07, 6.45) is -1.37. The SMILES string of the molecule is FC(c1ccc2ccccc2c1)[n+]1c(-c2ccccc2)cc(-c2ccccc2)cc1-c1ccccc1. The van der Waals surface area contributed by atoms with Gasteiger partial charge in [0.25, 0.3) is 0 Å². The third kappa shape index (κ3) is 4.18. The summed E-state index contributed by atoms with van der Waals surface area (Å²) in [7, 11) is 0. The minimum absolute atomic E-state index is 0.625. The van der Waals surface area contributed by atoms with Gasteiger partial charge in [-0.3, -0.25) is 0 Å². The van der Waals surface area contributed by atoms with Crippen LogP contribution in [0, 0.1) is 0 Å². The molecule has 1 heterocycles. The van der Waals surface area contributed by atoms with Crippen LogP contribution in [0.15, 0.2) is 146 Å². The molecule has 0 N–H and O–H groups in total. The van der Waals surface area contributed by atoms with Crippen molar-refractivity contribution in [2.75, 3.05) is 0 Å². The summed E-state index contributed by atoms with van der Waals surface area (Å²) in [5.41, 5.74) is 6.37. The summed E-state index contributed by atoms with van der Waals surface area (Å²) in [4.78, 5) is 0. The van der Waals surface area contributed by atoms with Gasteiger partial charge in [0, 0.05) is 23.3 Å². The normalized spacial score (nSPS) is 11.9. The van der Waals surface area contributed by atoms with Crippen molar-refractivity contribution in [2.24, 2.45) is 0 Å². The van der Waals surface area contributed by atoms with Crippen molar-refractivity contribution in [3.8, 4) is 33.6 Å². The Balaban J connectivity index is 1.64. The van der Waals surface area contributed by atoms with E-state index in [2.05, 4.69) is 30.3 Å². The molecule has 6 rings (SSSR count). The molecule has 6 aromatic rings. The van der Waals surface area contributed by atoms with Crippen molar-refractivity contribution in [1.82, 2.24) is 0 Å². The lowest BCUT2D eigenvalue weighted by atomic mass is 9.98. The predicted molar refractivity (Wildman–Crippen MR) is 146 cm³/mol. The molecule has 0 saturated carbocycles. The molecule has 0 radical (unpaired) electrons. The number of hydrogen-bond donors (Lipinski definition) is 0. The van der Waals surface area contributed by atoms with Crippen LogP contribution in [0.2, 0.25) is 0 Å². The second kappa shape index (κ2) is 9.59. The van der Waals surface area contributed by atoms with Gasteiger partial charge in [-0.2, -0.15) is 8.96 Å². The second-order valence-corrected chi connectivity index (χ2v) is 8.92. The molecule has 36 heavy (non-hydrogen) atoms. The Kier molecular flexibility index (Phi) is 5.85. The van der Waals surface area contributed by atoms with Gasteiger partial charge in [0.2, 0.25) is 11.4 Å². The lowest BCUT2D eigenvalue weighted by Crippen LogP contribution is -2.42. The standard InChI is InChI=1S/C34H25FN/c35-34(30-21-20-26-14-10-11-19-29(26)22-30)36-32(27-15-6-2-7-16-27)23-31(25-12-4-1-5-13-25)24-33(36)28-17-8-3-9-18-28/h1-24,34H/q+1. The topological polar surface area (TPSA) is 3.88 Å². The zero-order chi connectivity index (χ0) is 24.3. The molecule has 0 amide bonds. The number of fused-ring (bicyclic) bond motifs is 1. The summed E-state index contributed by atoms with van der Waals surface area (Å²) in [6, 6.07) is 48.6. The fourth-order valence-electron chi connectivity index (χ4n) is 4.81. The van der Waals surface area contributed by atoms with Crippen molar-refractivity contribution >= 4 is 10.8 Å². The Labute approximate surface area is 210 Å². The number of alkyl halides is 1. The average molecular weight is 467 g/mol. The molecule has 2 heteroatoms. The van der Waals surface area contributed by atoms with Gasteiger partial charge in [-0.05, 0) is 58.3 Å². The Morgan fingerprint density at radius 3 is 1.44 bits per heavy atom. The third-order valence-corrected chi connectivity index (χ3v) is 6.63. The van der Waals surface area contributed by atoms with Gasteiger partial charge in [0.05, 0.1) is 5.56 Å². The van der Waals surface area contributed by atoms with Gasteiger partial charge in [0.1, 0.15) is 0 Å². The Bertz CT molecular complexity index is 1570. The summed E-state index contributed by atoms with van der Waals surface area (Å²) >= 11 is 0. The molecule has 0 fully saturated rings. The molecule has 1 nitrogen and oxygen atoms in total. The Morgan fingerprint density at radius 1 is 0.417 bits per heavy atom. The molecule has 0 aliphatic carbocycles. The minimum Gasteiger partial charge on any atom is -0.170 e. The van der Waals surface area contributed by atoms with Crippen LogP contribution in [0.5, 0.6) is 0 Å². The number of pyridine rings is 1. The molecule has 1 unspecified atom stereocenters. The Morgan fingerprint density at radius 2 is 0.889 bits per heavy atom. The van der Waals surface area contributed by atoms with E-state index in [1.54, 1.807) is 0 Å². The van der Waals surface area contributed by atoms with Gasteiger partial charge in [-0.15, -0.1) is 0 Å². The first kappa shape index (κ1) is 21.9. The fourth-order valence-corrected chi connectivity index (χ4v) is 4.81. The van der Waals surface area contributed by atoms with Crippen LogP contribution in [0.25, 0.3) is 44.4 Å². The van der Waals surface area contributed by atoms with Gasteiger partial charge in [-0.25, -0.2) is 0 Å². The fraction of sp³-hybridized carbons (Fsp3) is 0.0294. The molecule has 0 saturated heterocycles. The van der Waals surface area contributed by atoms with Crippen LogP contribution < -0.4 is 4.57 Å². The van der Waals surface area contributed by atoms with Crippen LogP contribution in [0.4, 0.5) is 4.39 Å². The highest BCUT2D eigenvalue weighted by molar-refractivity contribution is 5.83.